The van der Waals surface area contributed by atoms with Crippen LogP contribution < -0.4 is 5.32 Å². The normalized spacial score (nSPS) is 21.8. The molecule has 2 N–H and O–H groups in total. The van der Waals surface area contributed by atoms with Crippen LogP contribution in [0.25, 0.3) is 11.0 Å². The molecule has 244 valence electrons. The van der Waals surface area contributed by atoms with Crippen molar-refractivity contribution in [3.8, 4) is 0 Å². The van der Waals surface area contributed by atoms with Crippen molar-refractivity contribution in [3.05, 3.63) is 59.2 Å². The molecule has 1 saturated carbocycles. The summed E-state index contributed by atoms with van der Waals surface area (Å²) < 4.78 is 44.0. The molecule has 1 aliphatic heterocycles. The van der Waals surface area contributed by atoms with E-state index in [4.69, 9.17) is 14.5 Å². The molecule has 45 heavy (non-hydrogen) atoms. The molecular weight excluding hydrogens is 597 g/mol. The average Bonchev–Trinajstić information content (AvgIpc) is 3.40. The Bertz CT molecular complexity index is 1680. The van der Waals surface area contributed by atoms with Crippen LogP contribution in [-0.2, 0) is 19.2 Å². The molecule has 2 aromatic carbocycles. The molecule has 2 fully saturated rings. The molecule has 1 saturated heterocycles. The number of halogens is 1. The Morgan fingerprint density at radius 3 is 2.60 bits per heavy atom. The van der Waals surface area contributed by atoms with Crippen molar-refractivity contribution in [1.82, 2.24) is 20.2 Å². The average molecular weight is 642 g/mol. The molecule has 2 atom stereocenters. The second-order valence-corrected chi connectivity index (χ2v) is 16.1. The summed E-state index contributed by atoms with van der Waals surface area (Å²) >= 11 is 0. The van der Waals surface area contributed by atoms with Crippen molar-refractivity contribution in [2.45, 2.75) is 71.1 Å². The van der Waals surface area contributed by atoms with Gasteiger partial charge in [-0.15, -0.1) is 0 Å². The zero-order valence-corrected chi connectivity index (χ0v) is 27.7. The number of carbonyl (C=O) groups excluding carboxylic acids is 2. The van der Waals surface area contributed by atoms with Crippen LogP contribution in [0.3, 0.4) is 0 Å². The lowest BCUT2D eigenvalue weighted by molar-refractivity contribution is -0.0337. The summed E-state index contributed by atoms with van der Waals surface area (Å²) in [5.41, 5.74) is 1.09. The Morgan fingerprint density at radius 2 is 1.91 bits per heavy atom. The summed E-state index contributed by atoms with van der Waals surface area (Å²) in [5.74, 6) is 0.307. The monoisotopic (exact) mass is 641 g/mol. The van der Waals surface area contributed by atoms with Crippen molar-refractivity contribution in [1.29, 1.82) is 0 Å². The number of fused-ring (bicyclic) bond motifs is 1. The molecule has 3 aromatic rings. The summed E-state index contributed by atoms with van der Waals surface area (Å²) in [4.78, 5) is 36.1. The maximum absolute atomic E-state index is 16.3. The van der Waals surface area contributed by atoms with E-state index < -0.39 is 39.3 Å². The Morgan fingerprint density at radius 1 is 1.18 bits per heavy atom. The van der Waals surface area contributed by atoms with Gasteiger partial charge >= 0.3 is 6.09 Å². The van der Waals surface area contributed by atoms with Gasteiger partial charge in [-0.2, -0.15) is 4.36 Å². The standard InChI is InChI=1S/C33H44FN5O5S/c1-20-10-12-21(13-11-20)28(37-31(40)22-8-7-9-23(18-22)38-45(5,6)42)30-35-25-15-14-24(27(34)29(25)36-30)26-19-43-17-16-39(26)32(41)44-33(2,3)4/h7-9,14-15,18,20-21,26,28H,10-13,16-17,19H2,1-6H3,(H,35,36)(H,37,40)/t20-,21-,26?,28-/m0/s1. The maximum atomic E-state index is 16.3. The largest absolute Gasteiger partial charge is 0.444 e. The molecule has 12 heteroatoms. The minimum absolute atomic E-state index is 0.0977. The molecular formula is C33H44FN5O5S. The number of aromatic nitrogens is 2. The Balaban J connectivity index is 1.47. The molecule has 1 aliphatic carbocycles. The topological polar surface area (TPSA) is 126 Å². The van der Waals surface area contributed by atoms with E-state index in [1.54, 1.807) is 69.7 Å². The smallest absolute Gasteiger partial charge is 0.410 e. The Hall–Kier alpha value is -3.51. The van der Waals surface area contributed by atoms with E-state index in [1.807, 2.05) is 0 Å². The predicted octanol–water partition coefficient (Wildman–Crippen LogP) is 6.67. The second kappa shape index (κ2) is 13.1. The summed E-state index contributed by atoms with van der Waals surface area (Å²) in [7, 11) is -2.40. The number of rotatable bonds is 6. The summed E-state index contributed by atoms with van der Waals surface area (Å²) in [6.45, 7) is 8.35. The highest BCUT2D eigenvalue weighted by Gasteiger charge is 2.35. The Kier molecular flexibility index (Phi) is 9.55. The van der Waals surface area contributed by atoms with Crippen LogP contribution in [0.4, 0.5) is 14.9 Å². The number of amides is 2. The van der Waals surface area contributed by atoms with Crippen LogP contribution >= 0.6 is 0 Å². The van der Waals surface area contributed by atoms with E-state index in [2.05, 4.69) is 21.6 Å². The van der Waals surface area contributed by atoms with Gasteiger partial charge in [0, 0.05) is 39.9 Å². The number of nitrogens with zero attached hydrogens (tertiary/aromatic N) is 3. The number of benzene rings is 2. The lowest BCUT2D eigenvalue weighted by Gasteiger charge is -2.36. The number of carbonyl (C=O) groups is 2. The highest BCUT2D eigenvalue weighted by atomic mass is 32.2. The van der Waals surface area contributed by atoms with Gasteiger partial charge in [-0.25, -0.2) is 18.4 Å². The van der Waals surface area contributed by atoms with Crippen LogP contribution in [0.5, 0.6) is 0 Å². The third-order valence-corrected chi connectivity index (χ3v) is 8.95. The van der Waals surface area contributed by atoms with Gasteiger partial charge in [0.25, 0.3) is 5.91 Å². The number of imidazole rings is 1. The maximum Gasteiger partial charge on any atom is 0.410 e. The van der Waals surface area contributed by atoms with Crippen LogP contribution in [0.1, 0.15) is 87.2 Å². The van der Waals surface area contributed by atoms with Gasteiger partial charge in [-0.3, -0.25) is 9.69 Å². The summed E-state index contributed by atoms with van der Waals surface area (Å²) in [5, 5.41) is 3.17. The first kappa shape index (κ1) is 32.9. The molecule has 10 nitrogen and oxygen atoms in total. The third kappa shape index (κ3) is 8.02. The fourth-order valence-electron chi connectivity index (χ4n) is 6.09. The lowest BCUT2D eigenvalue weighted by atomic mass is 9.79. The van der Waals surface area contributed by atoms with Crippen molar-refractivity contribution in [2.24, 2.45) is 16.2 Å². The van der Waals surface area contributed by atoms with Crippen molar-refractivity contribution in [3.63, 3.8) is 0 Å². The SMILES string of the molecule is CC(C)(C)OC(=O)N1CCOCC1c1ccc2[nH]c([C@@H](NC(=O)c3cccc(N=S(C)(C)=O)c3)[C@H]3CC[C@H](C)CC3)nc2c1F. The van der Waals surface area contributed by atoms with Gasteiger partial charge in [0.1, 0.15) is 16.9 Å². The van der Waals surface area contributed by atoms with Gasteiger partial charge in [0.05, 0.1) is 36.5 Å². The van der Waals surface area contributed by atoms with Crippen LogP contribution in [0, 0.1) is 17.7 Å². The molecule has 0 bridgehead atoms. The van der Waals surface area contributed by atoms with Gasteiger partial charge in [-0.05, 0) is 69.7 Å². The number of ether oxygens (including phenoxy) is 2. The quantitative estimate of drug-likeness (QED) is 0.310. The summed E-state index contributed by atoms with van der Waals surface area (Å²) in [6, 6.07) is 8.98. The Labute approximate surface area is 264 Å². The van der Waals surface area contributed by atoms with E-state index in [1.165, 1.54) is 4.90 Å². The highest BCUT2D eigenvalue weighted by Crippen LogP contribution is 2.38. The zero-order valence-electron chi connectivity index (χ0n) is 26.9. The molecule has 5 rings (SSSR count). The van der Waals surface area contributed by atoms with Crippen LogP contribution in [-0.4, -0.2) is 68.9 Å². The van der Waals surface area contributed by atoms with E-state index in [-0.39, 0.29) is 30.5 Å². The molecule has 0 radical (unpaired) electrons. The molecule has 2 amide bonds. The lowest BCUT2D eigenvalue weighted by Crippen LogP contribution is -2.46. The van der Waals surface area contributed by atoms with Gasteiger partial charge in [-0.1, -0.05) is 31.9 Å². The number of morpholine rings is 1. The minimum Gasteiger partial charge on any atom is -0.444 e. The molecule has 2 aliphatic rings. The molecule has 1 unspecified atom stereocenters. The van der Waals surface area contributed by atoms with Gasteiger partial charge in [0.2, 0.25) is 0 Å². The summed E-state index contributed by atoms with van der Waals surface area (Å²) in [6.07, 6.45) is 6.39. The number of H-pyrrole nitrogens is 1. The van der Waals surface area contributed by atoms with Gasteiger partial charge in [0.15, 0.2) is 5.82 Å². The first-order valence-electron chi connectivity index (χ1n) is 15.5. The van der Waals surface area contributed by atoms with Crippen molar-refractivity contribution in [2.75, 3.05) is 32.3 Å². The zero-order chi connectivity index (χ0) is 32.5. The van der Waals surface area contributed by atoms with E-state index in [9.17, 15) is 13.8 Å². The predicted molar refractivity (Wildman–Crippen MR) is 172 cm³/mol. The molecule has 2 heterocycles. The fourth-order valence-corrected chi connectivity index (χ4v) is 6.71. The van der Waals surface area contributed by atoms with Crippen LogP contribution in [0.2, 0.25) is 0 Å². The number of aromatic amines is 1. The fraction of sp³-hybridized carbons (Fsp3) is 0.545. The third-order valence-electron chi connectivity index (χ3n) is 8.30. The number of hydrogen-bond donors (Lipinski definition) is 2. The van der Waals surface area contributed by atoms with E-state index >= 15 is 4.39 Å². The number of hydrogen-bond acceptors (Lipinski definition) is 7. The first-order valence-corrected chi connectivity index (χ1v) is 17.8. The number of nitrogens with one attached hydrogen (secondary N) is 2. The van der Waals surface area contributed by atoms with E-state index in [0.717, 1.165) is 25.7 Å². The van der Waals surface area contributed by atoms with Crippen molar-refractivity contribution >= 4 is 38.5 Å². The highest BCUT2D eigenvalue weighted by molar-refractivity contribution is 7.92. The van der Waals surface area contributed by atoms with Crippen molar-refractivity contribution < 1.29 is 27.7 Å². The van der Waals surface area contributed by atoms with Gasteiger partial charge < -0.3 is 19.8 Å². The molecule has 0 spiro atoms. The van der Waals surface area contributed by atoms with Crippen LogP contribution in [0.15, 0.2) is 40.8 Å². The van der Waals surface area contributed by atoms with E-state index in [0.29, 0.717) is 40.7 Å². The second-order valence-electron chi connectivity index (χ2n) is 13.5. The first-order chi connectivity index (χ1) is 21.2. The minimum atomic E-state index is -2.40. The molecule has 1 aromatic heterocycles.